The van der Waals surface area contributed by atoms with E-state index in [0.29, 0.717) is 10.9 Å². The van der Waals surface area contributed by atoms with Gasteiger partial charge in [-0.1, -0.05) is 6.07 Å². The minimum Gasteiger partial charge on any atom is -0.507 e. The SMILES string of the molecule is CCn1cc(CS(C)(=O)=O)c2c(O)cccc21. The maximum Gasteiger partial charge on any atom is 0.151 e. The van der Waals surface area contributed by atoms with Crippen molar-refractivity contribution in [2.75, 3.05) is 6.26 Å². The van der Waals surface area contributed by atoms with Crippen LogP contribution in [0.25, 0.3) is 10.9 Å². The van der Waals surface area contributed by atoms with Gasteiger partial charge in [0.1, 0.15) is 5.75 Å². The molecule has 0 saturated carbocycles. The second-order valence-corrected chi connectivity index (χ2v) is 6.32. The third kappa shape index (κ3) is 2.29. The molecule has 0 bridgehead atoms. The summed E-state index contributed by atoms with van der Waals surface area (Å²) < 4.78 is 24.7. The van der Waals surface area contributed by atoms with Crippen LogP contribution < -0.4 is 0 Å². The number of nitrogens with zero attached hydrogens (tertiary/aromatic N) is 1. The highest BCUT2D eigenvalue weighted by molar-refractivity contribution is 7.89. The zero-order chi connectivity index (χ0) is 12.6. The maximum absolute atomic E-state index is 11.4. The summed E-state index contributed by atoms with van der Waals surface area (Å²) in [7, 11) is -3.10. The van der Waals surface area contributed by atoms with Crippen LogP contribution in [0.15, 0.2) is 24.4 Å². The first kappa shape index (κ1) is 12.0. The second-order valence-electron chi connectivity index (χ2n) is 4.18. The predicted molar refractivity (Wildman–Crippen MR) is 67.8 cm³/mol. The first-order chi connectivity index (χ1) is 7.92. The molecule has 0 amide bonds. The van der Waals surface area contributed by atoms with Crippen molar-refractivity contribution in [2.45, 2.75) is 19.2 Å². The van der Waals surface area contributed by atoms with Gasteiger partial charge in [0.25, 0.3) is 0 Å². The van der Waals surface area contributed by atoms with Crippen molar-refractivity contribution >= 4 is 20.7 Å². The second kappa shape index (κ2) is 4.07. The lowest BCUT2D eigenvalue weighted by atomic mass is 10.2. The van der Waals surface area contributed by atoms with Crippen LogP contribution in [0.2, 0.25) is 0 Å². The largest absolute Gasteiger partial charge is 0.507 e. The zero-order valence-electron chi connectivity index (χ0n) is 9.84. The summed E-state index contributed by atoms with van der Waals surface area (Å²) in [6.07, 6.45) is 2.99. The number of aromatic nitrogens is 1. The molecule has 17 heavy (non-hydrogen) atoms. The normalized spacial score (nSPS) is 12.1. The average molecular weight is 253 g/mol. The van der Waals surface area contributed by atoms with Crippen molar-refractivity contribution in [3.8, 4) is 5.75 Å². The third-order valence-electron chi connectivity index (χ3n) is 2.72. The molecular weight excluding hydrogens is 238 g/mol. The summed E-state index contributed by atoms with van der Waals surface area (Å²) in [5.74, 6) is 0.0852. The Morgan fingerprint density at radius 3 is 2.65 bits per heavy atom. The molecule has 0 saturated heterocycles. The number of sulfone groups is 1. The highest BCUT2D eigenvalue weighted by Crippen LogP contribution is 2.30. The van der Waals surface area contributed by atoms with Crippen LogP contribution in [0, 0.1) is 0 Å². The molecule has 0 fully saturated rings. The summed E-state index contributed by atoms with van der Waals surface area (Å²) in [5, 5.41) is 10.5. The lowest BCUT2D eigenvalue weighted by Crippen LogP contribution is -2.00. The van der Waals surface area contributed by atoms with Crippen molar-refractivity contribution in [3.05, 3.63) is 30.0 Å². The van der Waals surface area contributed by atoms with Crippen LogP contribution in [0.5, 0.6) is 5.75 Å². The van der Waals surface area contributed by atoms with Crippen molar-refractivity contribution in [1.29, 1.82) is 0 Å². The van der Waals surface area contributed by atoms with Gasteiger partial charge in [0, 0.05) is 24.4 Å². The number of aryl methyl sites for hydroxylation is 1. The van der Waals surface area contributed by atoms with E-state index in [0.717, 1.165) is 12.1 Å². The van der Waals surface area contributed by atoms with Crippen LogP contribution >= 0.6 is 0 Å². The monoisotopic (exact) mass is 253 g/mol. The van der Waals surface area contributed by atoms with E-state index in [2.05, 4.69) is 0 Å². The molecule has 5 heteroatoms. The molecule has 0 aliphatic carbocycles. The van der Waals surface area contributed by atoms with Crippen LogP contribution in [-0.4, -0.2) is 24.3 Å². The van der Waals surface area contributed by atoms with Crippen LogP contribution in [-0.2, 0) is 22.1 Å². The van der Waals surface area contributed by atoms with Gasteiger partial charge in [-0.15, -0.1) is 0 Å². The Morgan fingerprint density at radius 2 is 2.06 bits per heavy atom. The van der Waals surface area contributed by atoms with Crippen LogP contribution in [0.1, 0.15) is 12.5 Å². The van der Waals surface area contributed by atoms with E-state index < -0.39 is 9.84 Å². The molecule has 0 aliphatic heterocycles. The standard InChI is InChI=1S/C12H15NO3S/c1-3-13-7-9(8-17(2,15)16)12-10(13)5-4-6-11(12)14/h4-7,14H,3,8H2,1-2H3. The number of benzene rings is 1. The minimum atomic E-state index is -3.10. The van der Waals surface area contributed by atoms with E-state index in [-0.39, 0.29) is 11.5 Å². The summed E-state index contributed by atoms with van der Waals surface area (Å²) in [6, 6.07) is 5.21. The van der Waals surface area contributed by atoms with Gasteiger partial charge >= 0.3 is 0 Å². The maximum atomic E-state index is 11.4. The van der Waals surface area contributed by atoms with Crippen molar-refractivity contribution in [1.82, 2.24) is 4.57 Å². The fourth-order valence-electron chi connectivity index (χ4n) is 2.07. The highest BCUT2D eigenvalue weighted by atomic mass is 32.2. The molecule has 2 aromatic rings. The number of fused-ring (bicyclic) bond motifs is 1. The van der Waals surface area contributed by atoms with Crippen molar-refractivity contribution < 1.29 is 13.5 Å². The molecule has 0 atom stereocenters. The summed E-state index contributed by atoms with van der Waals surface area (Å²) >= 11 is 0. The van der Waals surface area contributed by atoms with Gasteiger partial charge in [-0.3, -0.25) is 0 Å². The molecule has 0 spiro atoms. The van der Waals surface area contributed by atoms with Crippen LogP contribution in [0.4, 0.5) is 0 Å². The molecule has 0 radical (unpaired) electrons. The lowest BCUT2D eigenvalue weighted by Gasteiger charge is -2.00. The van der Waals surface area contributed by atoms with Crippen molar-refractivity contribution in [3.63, 3.8) is 0 Å². The molecule has 1 N–H and O–H groups in total. The smallest absolute Gasteiger partial charge is 0.151 e. The molecule has 0 unspecified atom stereocenters. The summed E-state index contributed by atoms with van der Waals surface area (Å²) in [6.45, 7) is 2.72. The highest BCUT2D eigenvalue weighted by Gasteiger charge is 2.15. The van der Waals surface area contributed by atoms with Gasteiger partial charge in [-0.05, 0) is 24.6 Å². The Bertz CT molecular complexity index is 656. The molecule has 0 aliphatic rings. The quantitative estimate of drug-likeness (QED) is 0.909. The van der Waals surface area contributed by atoms with E-state index in [1.807, 2.05) is 17.6 Å². The van der Waals surface area contributed by atoms with Crippen LogP contribution in [0.3, 0.4) is 0 Å². The predicted octanol–water partition coefficient (Wildman–Crippen LogP) is 1.91. The zero-order valence-corrected chi connectivity index (χ0v) is 10.7. The lowest BCUT2D eigenvalue weighted by molar-refractivity contribution is 0.481. The van der Waals surface area contributed by atoms with E-state index >= 15 is 0 Å². The van der Waals surface area contributed by atoms with E-state index in [9.17, 15) is 13.5 Å². The third-order valence-corrected chi connectivity index (χ3v) is 3.56. The number of phenolic OH excluding ortho intramolecular Hbond substituents is 1. The van der Waals surface area contributed by atoms with Gasteiger partial charge in [0.05, 0.1) is 11.3 Å². The Hall–Kier alpha value is -1.49. The molecule has 2 rings (SSSR count). The van der Waals surface area contributed by atoms with Crippen molar-refractivity contribution in [2.24, 2.45) is 0 Å². The molecule has 1 aromatic heterocycles. The Kier molecular flexibility index (Phi) is 2.87. The first-order valence-electron chi connectivity index (χ1n) is 5.40. The Labute approximate surface area is 100 Å². The number of hydrogen-bond acceptors (Lipinski definition) is 3. The Morgan fingerprint density at radius 1 is 1.35 bits per heavy atom. The van der Waals surface area contributed by atoms with Gasteiger partial charge in [-0.25, -0.2) is 8.42 Å². The molecule has 1 heterocycles. The fourth-order valence-corrected chi connectivity index (χ4v) is 2.86. The molecule has 1 aromatic carbocycles. The van der Waals surface area contributed by atoms with E-state index in [1.54, 1.807) is 18.3 Å². The summed E-state index contributed by atoms with van der Waals surface area (Å²) in [5.41, 5.74) is 1.52. The van der Waals surface area contributed by atoms with E-state index in [1.165, 1.54) is 6.26 Å². The number of aromatic hydroxyl groups is 1. The number of hydrogen-bond donors (Lipinski definition) is 1. The van der Waals surface area contributed by atoms with E-state index in [4.69, 9.17) is 0 Å². The summed E-state index contributed by atoms with van der Waals surface area (Å²) in [4.78, 5) is 0. The minimum absolute atomic E-state index is 0.0475. The fraction of sp³-hybridized carbons (Fsp3) is 0.333. The van der Waals surface area contributed by atoms with Gasteiger partial charge in [0.15, 0.2) is 9.84 Å². The molecule has 92 valence electrons. The number of rotatable bonds is 3. The topological polar surface area (TPSA) is 59.3 Å². The number of phenols is 1. The molecular formula is C12H15NO3S. The Balaban J connectivity index is 2.71. The average Bonchev–Trinajstić information content (AvgIpc) is 2.55. The van der Waals surface area contributed by atoms with Gasteiger partial charge in [0.2, 0.25) is 0 Å². The van der Waals surface area contributed by atoms with Gasteiger partial charge in [-0.2, -0.15) is 0 Å². The first-order valence-corrected chi connectivity index (χ1v) is 7.46. The molecule has 4 nitrogen and oxygen atoms in total. The van der Waals surface area contributed by atoms with Gasteiger partial charge < -0.3 is 9.67 Å².